The lowest BCUT2D eigenvalue weighted by Gasteiger charge is -2.20. The largest absolute Gasteiger partial charge is 0.481 e. The van der Waals surface area contributed by atoms with Gasteiger partial charge in [-0.15, -0.1) is 0 Å². The predicted molar refractivity (Wildman–Crippen MR) is 76.5 cm³/mol. The fraction of sp³-hybridized carbons (Fsp3) is 0.467. The van der Waals surface area contributed by atoms with E-state index in [4.69, 9.17) is 16.7 Å². The van der Waals surface area contributed by atoms with E-state index in [1.54, 1.807) is 12.1 Å². The number of hydrogen-bond donors (Lipinski definition) is 2. The number of amides is 1. The molecule has 1 saturated carbocycles. The molecular formula is C15H18ClNO3. The molecule has 0 aromatic heterocycles. The second-order valence-corrected chi connectivity index (χ2v) is 5.70. The summed E-state index contributed by atoms with van der Waals surface area (Å²) in [6.07, 6.45) is 2.02. The molecule has 4 nitrogen and oxygen atoms in total. The Morgan fingerprint density at radius 3 is 2.70 bits per heavy atom. The Morgan fingerprint density at radius 2 is 2.05 bits per heavy atom. The molecule has 0 saturated heterocycles. The Morgan fingerprint density at radius 1 is 1.35 bits per heavy atom. The van der Waals surface area contributed by atoms with Crippen molar-refractivity contribution in [3.8, 4) is 0 Å². The van der Waals surface area contributed by atoms with Gasteiger partial charge in [-0.25, -0.2) is 0 Å². The van der Waals surface area contributed by atoms with Crippen molar-refractivity contribution < 1.29 is 14.7 Å². The monoisotopic (exact) mass is 295 g/mol. The predicted octanol–water partition coefficient (Wildman–Crippen LogP) is 3.02. The Hall–Kier alpha value is -1.55. The molecule has 1 amide bonds. The van der Waals surface area contributed by atoms with Gasteiger partial charge in [0.15, 0.2) is 0 Å². The number of benzene rings is 1. The summed E-state index contributed by atoms with van der Waals surface area (Å²) in [6, 6.07) is 7.11. The number of nitrogens with one attached hydrogen (secondary N) is 1. The minimum atomic E-state index is -0.877. The van der Waals surface area contributed by atoms with E-state index in [9.17, 15) is 9.59 Å². The summed E-state index contributed by atoms with van der Waals surface area (Å²) in [7, 11) is 0. The van der Waals surface area contributed by atoms with E-state index in [1.165, 1.54) is 0 Å². The minimum absolute atomic E-state index is 0.178. The first-order chi connectivity index (χ1) is 9.49. The van der Waals surface area contributed by atoms with Crippen LogP contribution < -0.4 is 5.32 Å². The van der Waals surface area contributed by atoms with Crippen LogP contribution in [0.5, 0.6) is 0 Å². The molecule has 3 atom stereocenters. The molecule has 1 aliphatic rings. The smallest absolute Gasteiger partial charge is 0.307 e. The van der Waals surface area contributed by atoms with E-state index in [0.717, 1.165) is 12.0 Å². The van der Waals surface area contributed by atoms with Crippen molar-refractivity contribution in [2.75, 3.05) is 0 Å². The number of carboxylic acid groups (broad SMARTS) is 1. The van der Waals surface area contributed by atoms with Crippen LogP contribution in [0.25, 0.3) is 0 Å². The lowest BCUT2D eigenvalue weighted by Crippen LogP contribution is -2.36. The van der Waals surface area contributed by atoms with Gasteiger partial charge in [0.2, 0.25) is 5.91 Å². The second kappa shape index (κ2) is 6.27. The zero-order valence-corrected chi connectivity index (χ0v) is 12.1. The van der Waals surface area contributed by atoms with Gasteiger partial charge in [-0.05, 0) is 37.5 Å². The van der Waals surface area contributed by atoms with Crippen LogP contribution in [-0.4, -0.2) is 17.0 Å². The lowest BCUT2D eigenvalue weighted by molar-refractivity contribution is -0.146. The van der Waals surface area contributed by atoms with E-state index in [0.29, 0.717) is 17.9 Å². The first kappa shape index (κ1) is 14.9. The van der Waals surface area contributed by atoms with Crippen molar-refractivity contribution in [2.24, 2.45) is 11.8 Å². The van der Waals surface area contributed by atoms with Crippen molar-refractivity contribution in [1.29, 1.82) is 0 Å². The van der Waals surface area contributed by atoms with Crippen molar-refractivity contribution in [2.45, 2.75) is 32.2 Å². The van der Waals surface area contributed by atoms with Crippen LogP contribution in [-0.2, 0) is 9.59 Å². The molecule has 1 fully saturated rings. The van der Waals surface area contributed by atoms with Crippen molar-refractivity contribution in [3.63, 3.8) is 0 Å². The summed E-state index contributed by atoms with van der Waals surface area (Å²) in [6.45, 7) is 1.87. The SMILES string of the molecule is C[C@@H](NC(=O)C1CCCC1C(=O)O)c1cccc(Cl)c1. The third-order valence-electron chi connectivity index (χ3n) is 3.88. The Balaban J connectivity index is 2.02. The second-order valence-electron chi connectivity index (χ2n) is 5.27. The number of carboxylic acids is 1. The van der Waals surface area contributed by atoms with Crippen LogP contribution in [0.2, 0.25) is 5.02 Å². The molecule has 0 aliphatic heterocycles. The molecular weight excluding hydrogens is 278 g/mol. The van der Waals surface area contributed by atoms with Crippen LogP contribution in [0.3, 0.4) is 0 Å². The molecule has 5 heteroatoms. The highest BCUT2D eigenvalue weighted by Gasteiger charge is 2.38. The molecule has 1 aromatic carbocycles. The number of hydrogen-bond acceptors (Lipinski definition) is 2. The van der Waals surface area contributed by atoms with Gasteiger partial charge in [-0.3, -0.25) is 9.59 Å². The summed E-state index contributed by atoms with van der Waals surface area (Å²) in [4.78, 5) is 23.3. The van der Waals surface area contributed by atoms with Gasteiger partial charge in [0.25, 0.3) is 0 Å². The summed E-state index contributed by atoms with van der Waals surface area (Å²) in [5, 5.41) is 12.6. The third kappa shape index (κ3) is 3.31. The fourth-order valence-electron chi connectivity index (χ4n) is 2.75. The van der Waals surface area contributed by atoms with E-state index in [2.05, 4.69) is 5.32 Å². The van der Waals surface area contributed by atoms with Crippen LogP contribution >= 0.6 is 11.6 Å². The number of rotatable bonds is 4. The Labute approximate surface area is 123 Å². The third-order valence-corrected chi connectivity index (χ3v) is 4.11. The normalized spacial score (nSPS) is 23.3. The molecule has 0 bridgehead atoms. The number of halogens is 1. The summed E-state index contributed by atoms with van der Waals surface area (Å²) in [5.74, 6) is -2.03. The van der Waals surface area contributed by atoms with Crippen LogP contribution in [0.15, 0.2) is 24.3 Å². The Bertz CT molecular complexity index is 518. The first-order valence-corrected chi connectivity index (χ1v) is 7.15. The number of carbonyl (C=O) groups is 2. The lowest BCUT2D eigenvalue weighted by atomic mass is 9.94. The van der Waals surface area contributed by atoms with Crippen LogP contribution in [0.4, 0.5) is 0 Å². The zero-order valence-electron chi connectivity index (χ0n) is 11.3. The number of carbonyl (C=O) groups excluding carboxylic acids is 1. The molecule has 0 spiro atoms. The molecule has 2 rings (SSSR count). The topological polar surface area (TPSA) is 66.4 Å². The van der Waals surface area contributed by atoms with Gasteiger partial charge in [-0.1, -0.05) is 30.2 Å². The highest BCUT2D eigenvalue weighted by Crippen LogP contribution is 2.32. The summed E-state index contributed by atoms with van der Waals surface area (Å²) < 4.78 is 0. The van der Waals surface area contributed by atoms with Gasteiger partial charge in [0.1, 0.15) is 0 Å². The van der Waals surface area contributed by atoms with E-state index >= 15 is 0 Å². The Kier molecular flexibility index (Phi) is 4.65. The molecule has 0 heterocycles. The molecule has 1 aliphatic carbocycles. The highest BCUT2D eigenvalue weighted by molar-refractivity contribution is 6.30. The molecule has 0 radical (unpaired) electrons. The van der Waals surface area contributed by atoms with Crippen LogP contribution in [0, 0.1) is 11.8 Å². The van der Waals surface area contributed by atoms with Gasteiger partial charge >= 0.3 is 5.97 Å². The van der Waals surface area contributed by atoms with E-state index in [1.807, 2.05) is 19.1 Å². The van der Waals surface area contributed by atoms with Gasteiger partial charge < -0.3 is 10.4 Å². The highest BCUT2D eigenvalue weighted by atomic mass is 35.5. The maximum absolute atomic E-state index is 12.2. The van der Waals surface area contributed by atoms with Gasteiger partial charge in [0, 0.05) is 5.02 Å². The quantitative estimate of drug-likeness (QED) is 0.897. The average molecular weight is 296 g/mol. The fourth-order valence-corrected chi connectivity index (χ4v) is 2.95. The number of aliphatic carboxylic acids is 1. The zero-order chi connectivity index (χ0) is 14.7. The summed E-state index contributed by atoms with van der Waals surface area (Å²) >= 11 is 5.93. The maximum Gasteiger partial charge on any atom is 0.307 e. The molecule has 108 valence electrons. The minimum Gasteiger partial charge on any atom is -0.481 e. The average Bonchev–Trinajstić information content (AvgIpc) is 2.88. The molecule has 20 heavy (non-hydrogen) atoms. The first-order valence-electron chi connectivity index (χ1n) is 6.77. The van der Waals surface area contributed by atoms with Crippen molar-refractivity contribution >= 4 is 23.5 Å². The van der Waals surface area contributed by atoms with E-state index < -0.39 is 17.8 Å². The van der Waals surface area contributed by atoms with Gasteiger partial charge in [0.05, 0.1) is 17.9 Å². The summed E-state index contributed by atoms with van der Waals surface area (Å²) in [5.41, 5.74) is 0.913. The van der Waals surface area contributed by atoms with Crippen molar-refractivity contribution in [3.05, 3.63) is 34.9 Å². The van der Waals surface area contributed by atoms with Crippen molar-refractivity contribution in [1.82, 2.24) is 5.32 Å². The van der Waals surface area contributed by atoms with Crippen LogP contribution in [0.1, 0.15) is 37.8 Å². The standard InChI is InChI=1S/C15H18ClNO3/c1-9(10-4-2-5-11(16)8-10)17-14(18)12-6-3-7-13(12)15(19)20/h2,4-5,8-9,12-13H,3,6-7H2,1H3,(H,17,18)(H,19,20)/t9-,12?,13?/m1/s1. The molecule has 2 N–H and O–H groups in total. The maximum atomic E-state index is 12.2. The molecule has 2 unspecified atom stereocenters. The van der Waals surface area contributed by atoms with Gasteiger partial charge in [-0.2, -0.15) is 0 Å². The molecule has 1 aromatic rings. The van der Waals surface area contributed by atoms with E-state index in [-0.39, 0.29) is 11.9 Å².